The van der Waals surface area contributed by atoms with Gasteiger partial charge in [-0.25, -0.2) is 0 Å². The number of hydrogen-bond donors (Lipinski definition) is 1. The van der Waals surface area contributed by atoms with Crippen LogP contribution in [0.15, 0.2) is 24.3 Å². The average Bonchev–Trinajstić information content (AvgIpc) is 3.07. The molecule has 0 aromatic heterocycles. The summed E-state index contributed by atoms with van der Waals surface area (Å²) in [7, 11) is 0. The zero-order chi connectivity index (χ0) is 14.2. The van der Waals surface area contributed by atoms with Gasteiger partial charge in [-0.2, -0.15) is 0 Å². The van der Waals surface area contributed by atoms with E-state index < -0.39 is 0 Å². The smallest absolute Gasteiger partial charge is 0.0402 e. The summed E-state index contributed by atoms with van der Waals surface area (Å²) >= 11 is 0. The molecule has 3 aliphatic heterocycles. The second-order valence-corrected chi connectivity index (χ2v) is 7.90. The molecule has 2 bridgehead atoms. The molecule has 1 aromatic carbocycles. The van der Waals surface area contributed by atoms with Crippen LogP contribution in [0.25, 0.3) is 0 Å². The van der Waals surface area contributed by atoms with E-state index in [1.165, 1.54) is 38.0 Å². The molecule has 6 atom stereocenters. The number of piperidine rings is 1. The summed E-state index contributed by atoms with van der Waals surface area (Å²) < 4.78 is 0. The number of anilines is 1. The fraction of sp³-hybridized carbons (Fsp3) is 0.684. The molecule has 2 heteroatoms. The van der Waals surface area contributed by atoms with E-state index in [0.717, 1.165) is 23.8 Å². The standard InChI is InChI=1S/C19H26N2/c1-3-13-11-21-9-8-19-15-6-4-5-7-16(15)20-18(19)12(2)14(13)10-17(19)21/h4-7,12-14,17-18,20H,3,8-11H2,1-2H3/t12-,13+,14+,17+,18+,19+/m0/s1. The van der Waals surface area contributed by atoms with Gasteiger partial charge in [0, 0.05) is 29.7 Å². The molecule has 2 nitrogen and oxygen atoms in total. The largest absolute Gasteiger partial charge is 0.381 e. The van der Waals surface area contributed by atoms with E-state index in [-0.39, 0.29) is 0 Å². The van der Waals surface area contributed by atoms with Gasteiger partial charge in [-0.15, -0.1) is 0 Å². The summed E-state index contributed by atoms with van der Waals surface area (Å²) in [5, 5.41) is 3.95. The fourth-order valence-corrected chi connectivity index (χ4v) is 6.52. The van der Waals surface area contributed by atoms with Gasteiger partial charge in [0.15, 0.2) is 0 Å². The third kappa shape index (κ3) is 1.34. The molecule has 0 unspecified atom stereocenters. The number of fused-ring (bicyclic) bond motifs is 2. The summed E-state index contributed by atoms with van der Waals surface area (Å²) in [6.45, 7) is 7.59. The van der Waals surface area contributed by atoms with E-state index in [4.69, 9.17) is 0 Å². The van der Waals surface area contributed by atoms with Crippen molar-refractivity contribution >= 4 is 5.69 Å². The van der Waals surface area contributed by atoms with Crippen molar-refractivity contribution in [3.63, 3.8) is 0 Å². The first kappa shape index (κ1) is 12.5. The van der Waals surface area contributed by atoms with Gasteiger partial charge in [0.1, 0.15) is 0 Å². The Hall–Kier alpha value is -1.02. The summed E-state index contributed by atoms with van der Waals surface area (Å²) in [6, 6.07) is 10.6. The highest BCUT2D eigenvalue weighted by Crippen LogP contribution is 2.61. The fourth-order valence-electron chi connectivity index (χ4n) is 6.52. The molecule has 3 fully saturated rings. The minimum atomic E-state index is 0.408. The normalized spacial score (nSPS) is 46.9. The van der Waals surface area contributed by atoms with Crippen molar-refractivity contribution in [1.82, 2.24) is 4.90 Å². The molecule has 1 aliphatic carbocycles. The molecule has 1 spiro atoms. The van der Waals surface area contributed by atoms with Gasteiger partial charge in [-0.1, -0.05) is 38.5 Å². The van der Waals surface area contributed by atoms with Gasteiger partial charge < -0.3 is 5.32 Å². The number of nitrogens with zero attached hydrogens (tertiary/aromatic N) is 1. The Morgan fingerprint density at radius 2 is 2.19 bits per heavy atom. The lowest BCUT2D eigenvalue weighted by molar-refractivity contribution is -0.0128. The Balaban J connectivity index is 1.68. The van der Waals surface area contributed by atoms with E-state index >= 15 is 0 Å². The maximum Gasteiger partial charge on any atom is 0.0402 e. The molecule has 112 valence electrons. The molecule has 2 saturated heterocycles. The van der Waals surface area contributed by atoms with Crippen molar-refractivity contribution in [2.24, 2.45) is 17.8 Å². The van der Waals surface area contributed by atoms with E-state index in [0.29, 0.717) is 11.5 Å². The van der Waals surface area contributed by atoms with Crippen LogP contribution < -0.4 is 5.32 Å². The van der Waals surface area contributed by atoms with Crippen molar-refractivity contribution in [2.75, 3.05) is 18.4 Å². The summed E-state index contributed by atoms with van der Waals surface area (Å²) in [4.78, 5) is 2.84. The lowest BCUT2D eigenvalue weighted by Gasteiger charge is -2.56. The lowest BCUT2D eigenvalue weighted by Crippen LogP contribution is -2.63. The molecule has 1 saturated carbocycles. The second kappa shape index (κ2) is 4.04. The number of benzene rings is 1. The van der Waals surface area contributed by atoms with Gasteiger partial charge in [0.05, 0.1) is 0 Å². The van der Waals surface area contributed by atoms with Gasteiger partial charge >= 0.3 is 0 Å². The Bertz CT molecular complexity index is 583. The van der Waals surface area contributed by atoms with E-state index in [1.807, 2.05) is 0 Å². The third-order valence-electron chi connectivity index (χ3n) is 7.44. The highest BCUT2D eigenvalue weighted by Gasteiger charge is 2.64. The molecule has 5 rings (SSSR count). The molecular weight excluding hydrogens is 256 g/mol. The van der Waals surface area contributed by atoms with Crippen molar-refractivity contribution in [2.45, 2.75) is 50.6 Å². The van der Waals surface area contributed by atoms with E-state index in [2.05, 4.69) is 48.3 Å². The minimum Gasteiger partial charge on any atom is -0.381 e. The van der Waals surface area contributed by atoms with Crippen LogP contribution in [-0.2, 0) is 5.41 Å². The molecule has 3 heterocycles. The lowest BCUT2D eigenvalue weighted by atomic mass is 9.55. The number of nitrogens with one attached hydrogen (secondary N) is 1. The highest BCUT2D eigenvalue weighted by molar-refractivity contribution is 5.64. The van der Waals surface area contributed by atoms with Crippen LogP contribution in [0.3, 0.4) is 0 Å². The van der Waals surface area contributed by atoms with Crippen LogP contribution >= 0.6 is 0 Å². The van der Waals surface area contributed by atoms with Gasteiger partial charge in [0.2, 0.25) is 0 Å². The number of para-hydroxylation sites is 1. The zero-order valence-electron chi connectivity index (χ0n) is 13.2. The SMILES string of the molecule is CC[C@@H]1CN2CC[C@]34c5ccccc5N[C@@H]3[C@@H](C)[C@H]1C[C@@H]24. The number of rotatable bonds is 1. The molecule has 1 aromatic rings. The van der Waals surface area contributed by atoms with Crippen LogP contribution in [0.5, 0.6) is 0 Å². The average molecular weight is 282 g/mol. The molecule has 1 N–H and O–H groups in total. The predicted octanol–water partition coefficient (Wildman–Crippen LogP) is 3.49. The maximum atomic E-state index is 3.95. The van der Waals surface area contributed by atoms with Gasteiger partial charge in [-0.05, 0) is 48.8 Å². The minimum absolute atomic E-state index is 0.408. The van der Waals surface area contributed by atoms with Crippen LogP contribution in [0.4, 0.5) is 5.69 Å². The predicted molar refractivity (Wildman–Crippen MR) is 86.6 cm³/mol. The Labute approximate surface area is 127 Å². The Morgan fingerprint density at radius 3 is 3.05 bits per heavy atom. The van der Waals surface area contributed by atoms with Gasteiger partial charge in [0.25, 0.3) is 0 Å². The van der Waals surface area contributed by atoms with Crippen LogP contribution in [-0.4, -0.2) is 30.1 Å². The summed E-state index contributed by atoms with van der Waals surface area (Å²) in [6.07, 6.45) is 4.15. The van der Waals surface area contributed by atoms with Crippen molar-refractivity contribution in [3.05, 3.63) is 29.8 Å². The first-order valence-electron chi connectivity index (χ1n) is 8.86. The van der Waals surface area contributed by atoms with Crippen LogP contribution in [0.2, 0.25) is 0 Å². The quantitative estimate of drug-likeness (QED) is 0.848. The molecule has 0 amide bonds. The third-order valence-corrected chi connectivity index (χ3v) is 7.44. The maximum absolute atomic E-state index is 3.95. The van der Waals surface area contributed by atoms with Crippen LogP contribution in [0, 0.1) is 17.8 Å². The topological polar surface area (TPSA) is 15.3 Å². The molecule has 0 radical (unpaired) electrons. The molecular formula is C19H26N2. The van der Waals surface area contributed by atoms with E-state index in [9.17, 15) is 0 Å². The monoisotopic (exact) mass is 282 g/mol. The Morgan fingerprint density at radius 1 is 1.33 bits per heavy atom. The van der Waals surface area contributed by atoms with Gasteiger partial charge in [-0.3, -0.25) is 4.90 Å². The second-order valence-electron chi connectivity index (χ2n) is 7.90. The van der Waals surface area contributed by atoms with E-state index in [1.54, 1.807) is 5.56 Å². The van der Waals surface area contributed by atoms with Crippen LogP contribution in [0.1, 0.15) is 38.7 Å². The molecule has 4 aliphatic rings. The highest BCUT2D eigenvalue weighted by atomic mass is 15.2. The number of hydrogen-bond acceptors (Lipinski definition) is 2. The Kier molecular flexibility index (Phi) is 2.41. The summed E-state index contributed by atoms with van der Waals surface area (Å²) in [5.74, 6) is 2.64. The van der Waals surface area contributed by atoms with Crippen molar-refractivity contribution < 1.29 is 0 Å². The summed E-state index contributed by atoms with van der Waals surface area (Å²) in [5.41, 5.74) is 3.46. The first-order chi connectivity index (χ1) is 10.3. The zero-order valence-corrected chi connectivity index (χ0v) is 13.2. The van der Waals surface area contributed by atoms with Crippen molar-refractivity contribution in [1.29, 1.82) is 0 Å². The van der Waals surface area contributed by atoms with Crippen molar-refractivity contribution in [3.8, 4) is 0 Å². The molecule has 21 heavy (non-hydrogen) atoms. The first-order valence-corrected chi connectivity index (χ1v) is 8.86.